The number of pyridine rings is 1. The van der Waals surface area contributed by atoms with Gasteiger partial charge >= 0.3 is 5.97 Å². The molecule has 0 unspecified atom stereocenters. The van der Waals surface area contributed by atoms with E-state index in [4.69, 9.17) is 16.7 Å². The third-order valence-corrected chi connectivity index (χ3v) is 3.81. The molecule has 0 aliphatic heterocycles. The minimum Gasteiger partial charge on any atom is -0.478 e. The van der Waals surface area contributed by atoms with Crippen molar-refractivity contribution in [3.63, 3.8) is 0 Å². The van der Waals surface area contributed by atoms with Crippen LogP contribution in [0.25, 0.3) is 0 Å². The topological polar surface area (TPSA) is 62.2 Å². The van der Waals surface area contributed by atoms with Gasteiger partial charge in [-0.3, -0.25) is 0 Å². The lowest BCUT2D eigenvalue weighted by atomic mass is 10.2. The van der Waals surface area contributed by atoms with Gasteiger partial charge in [0.05, 0.1) is 17.1 Å². The molecule has 0 saturated carbocycles. The number of aromatic nitrogens is 1. The van der Waals surface area contributed by atoms with E-state index in [-0.39, 0.29) is 10.6 Å². The quantitative estimate of drug-likeness (QED) is 0.902. The number of nitrogens with one attached hydrogen (secondary N) is 1. The van der Waals surface area contributed by atoms with Crippen molar-refractivity contribution in [2.75, 3.05) is 5.32 Å². The number of halogens is 1. The molecule has 2 rings (SSSR count). The highest BCUT2D eigenvalue weighted by Gasteiger charge is 2.10. The number of aromatic carboxylic acids is 1. The lowest BCUT2D eigenvalue weighted by molar-refractivity contribution is 0.0697. The van der Waals surface area contributed by atoms with Crippen LogP contribution in [0.5, 0.6) is 0 Å². The predicted octanol–water partition coefficient (Wildman–Crippen LogP) is 3.42. The number of hydrogen-bond donors (Lipinski definition) is 2. The average molecular weight is 283 g/mol. The molecule has 4 nitrogen and oxygen atoms in total. The smallest absolute Gasteiger partial charge is 0.337 e. The van der Waals surface area contributed by atoms with Crippen molar-refractivity contribution in [3.05, 3.63) is 44.7 Å². The summed E-state index contributed by atoms with van der Waals surface area (Å²) >= 11 is 7.40. The van der Waals surface area contributed by atoms with Gasteiger partial charge in [0.25, 0.3) is 0 Å². The second kappa shape index (κ2) is 5.37. The van der Waals surface area contributed by atoms with Crippen LogP contribution in [-0.2, 0) is 6.54 Å². The van der Waals surface area contributed by atoms with Gasteiger partial charge in [0.1, 0.15) is 5.82 Å². The van der Waals surface area contributed by atoms with E-state index in [0.29, 0.717) is 12.4 Å². The number of carbonyl (C=O) groups is 1. The van der Waals surface area contributed by atoms with Gasteiger partial charge < -0.3 is 10.4 Å². The Hall–Kier alpha value is -1.59. The third kappa shape index (κ3) is 2.80. The number of anilines is 1. The maximum Gasteiger partial charge on any atom is 0.337 e. The Morgan fingerprint density at radius 3 is 3.00 bits per heavy atom. The van der Waals surface area contributed by atoms with Gasteiger partial charge in [-0.05, 0) is 30.0 Å². The molecule has 0 fully saturated rings. The molecular weight excluding hydrogens is 272 g/mol. The molecule has 0 aliphatic rings. The van der Waals surface area contributed by atoms with Crippen molar-refractivity contribution >= 4 is 34.7 Å². The van der Waals surface area contributed by atoms with Gasteiger partial charge in [-0.15, -0.1) is 11.3 Å². The summed E-state index contributed by atoms with van der Waals surface area (Å²) in [7, 11) is 0. The van der Waals surface area contributed by atoms with E-state index in [1.165, 1.54) is 22.7 Å². The van der Waals surface area contributed by atoms with Crippen molar-refractivity contribution in [3.8, 4) is 0 Å². The number of thiophene rings is 1. The number of carboxylic acids is 1. The molecule has 94 valence electrons. The van der Waals surface area contributed by atoms with Gasteiger partial charge in [0.15, 0.2) is 0 Å². The Morgan fingerprint density at radius 1 is 1.61 bits per heavy atom. The van der Waals surface area contributed by atoms with Crippen LogP contribution in [0.2, 0.25) is 5.02 Å². The molecule has 0 saturated heterocycles. The Labute approximate surface area is 113 Å². The zero-order valence-electron chi connectivity index (χ0n) is 9.61. The fraction of sp³-hybridized carbons (Fsp3) is 0.167. The van der Waals surface area contributed by atoms with Gasteiger partial charge in [-0.25, -0.2) is 9.78 Å². The second-order valence-electron chi connectivity index (χ2n) is 3.73. The molecule has 0 aliphatic carbocycles. The molecule has 0 aromatic carbocycles. The van der Waals surface area contributed by atoms with Crippen LogP contribution in [0, 0.1) is 6.92 Å². The monoisotopic (exact) mass is 282 g/mol. The van der Waals surface area contributed by atoms with Crippen molar-refractivity contribution in [2.45, 2.75) is 13.5 Å². The number of hydrogen-bond acceptors (Lipinski definition) is 4. The predicted molar refractivity (Wildman–Crippen MR) is 72.6 cm³/mol. The highest BCUT2D eigenvalue weighted by molar-refractivity contribution is 7.10. The Balaban J connectivity index is 2.13. The first-order chi connectivity index (χ1) is 8.58. The van der Waals surface area contributed by atoms with Crippen LogP contribution >= 0.6 is 22.9 Å². The lowest BCUT2D eigenvalue weighted by Crippen LogP contribution is -2.04. The van der Waals surface area contributed by atoms with Gasteiger partial charge in [0.2, 0.25) is 0 Å². The largest absolute Gasteiger partial charge is 0.478 e. The molecule has 0 radical (unpaired) electrons. The average Bonchev–Trinajstić information content (AvgIpc) is 2.73. The minimum atomic E-state index is -1.06. The van der Waals surface area contributed by atoms with Gasteiger partial charge in [0, 0.05) is 11.1 Å². The van der Waals surface area contributed by atoms with E-state index in [0.717, 1.165) is 0 Å². The summed E-state index contributed by atoms with van der Waals surface area (Å²) in [6.45, 7) is 2.66. The summed E-state index contributed by atoms with van der Waals surface area (Å²) in [5.41, 5.74) is 1.26. The maximum atomic E-state index is 10.9. The third-order valence-electron chi connectivity index (χ3n) is 2.48. The van der Waals surface area contributed by atoms with Crippen LogP contribution in [0.1, 0.15) is 20.8 Å². The van der Waals surface area contributed by atoms with Gasteiger partial charge in [-0.1, -0.05) is 11.6 Å². The molecule has 2 heterocycles. The molecular formula is C12H11ClN2O2S. The molecule has 18 heavy (non-hydrogen) atoms. The summed E-state index contributed by atoms with van der Waals surface area (Å²) in [6, 6.07) is 3.48. The van der Waals surface area contributed by atoms with E-state index in [9.17, 15) is 4.79 Å². The highest BCUT2D eigenvalue weighted by Crippen LogP contribution is 2.20. The Kier molecular flexibility index (Phi) is 3.84. The fourth-order valence-electron chi connectivity index (χ4n) is 1.46. The SMILES string of the molecule is Cc1ccsc1CNc1cc(C(=O)O)c(Cl)cn1. The van der Waals surface area contributed by atoms with Crippen molar-refractivity contribution < 1.29 is 9.90 Å². The fourth-order valence-corrected chi connectivity index (χ4v) is 2.49. The summed E-state index contributed by atoms with van der Waals surface area (Å²) in [6.07, 6.45) is 1.34. The number of carboxylic acid groups (broad SMARTS) is 1. The number of nitrogens with zero attached hydrogens (tertiary/aromatic N) is 1. The molecule has 2 N–H and O–H groups in total. The Morgan fingerprint density at radius 2 is 2.39 bits per heavy atom. The van der Waals surface area contributed by atoms with Gasteiger partial charge in [-0.2, -0.15) is 0 Å². The van der Waals surface area contributed by atoms with E-state index in [1.807, 2.05) is 18.4 Å². The highest BCUT2D eigenvalue weighted by atomic mass is 35.5. The summed E-state index contributed by atoms with van der Waals surface area (Å²) in [5.74, 6) is -0.553. The first-order valence-electron chi connectivity index (χ1n) is 5.23. The maximum absolute atomic E-state index is 10.9. The van der Waals surface area contributed by atoms with E-state index in [1.54, 1.807) is 11.3 Å². The lowest BCUT2D eigenvalue weighted by Gasteiger charge is -2.06. The summed E-state index contributed by atoms with van der Waals surface area (Å²) in [4.78, 5) is 16.2. The minimum absolute atomic E-state index is 0.0528. The van der Waals surface area contributed by atoms with Crippen LogP contribution in [-0.4, -0.2) is 16.1 Å². The van der Waals surface area contributed by atoms with Crippen LogP contribution in [0.3, 0.4) is 0 Å². The van der Waals surface area contributed by atoms with Crippen molar-refractivity contribution in [1.82, 2.24) is 4.98 Å². The molecule has 0 atom stereocenters. The molecule has 0 bridgehead atoms. The van der Waals surface area contributed by atoms with E-state index in [2.05, 4.69) is 10.3 Å². The van der Waals surface area contributed by atoms with E-state index < -0.39 is 5.97 Å². The van der Waals surface area contributed by atoms with E-state index >= 15 is 0 Å². The summed E-state index contributed by atoms with van der Waals surface area (Å²) in [5, 5.41) is 14.2. The standard InChI is InChI=1S/C12H11ClN2O2S/c1-7-2-3-18-10(7)6-15-11-4-8(12(16)17)9(13)5-14-11/h2-5H,6H2,1H3,(H,14,15)(H,16,17). The summed E-state index contributed by atoms with van der Waals surface area (Å²) < 4.78 is 0. The zero-order valence-corrected chi connectivity index (χ0v) is 11.2. The molecule has 0 spiro atoms. The number of aryl methyl sites for hydroxylation is 1. The Bertz CT molecular complexity index is 583. The van der Waals surface area contributed by atoms with Crippen LogP contribution < -0.4 is 5.32 Å². The van der Waals surface area contributed by atoms with Crippen molar-refractivity contribution in [1.29, 1.82) is 0 Å². The molecule has 6 heteroatoms. The van der Waals surface area contributed by atoms with Crippen molar-refractivity contribution in [2.24, 2.45) is 0 Å². The van der Waals surface area contributed by atoms with Crippen LogP contribution in [0.4, 0.5) is 5.82 Å². The second-order valence-corrected chi connectivity index (χ2v) is 5.14. The molecule has 2 aromatic heterocycles. The molecule has 0 amide bonds. The molecule has 2 aromatic rings. The first kappa shape index (κ1) is 12.9. The first-order valence-corrected chi connectivity index (χ1v) is 6.49. The zero-order chi connectivity index (χ0) is 13.1. The number of rotatable bonds is 4. The normalized spacial score (nSPS) is 10.3. The van der Waals surface area contributed by atoms with Crippen LogP contribution in [0.15, 0.2) is 23.7 Å².